The standard InChI is InChI=1S/C42H56N6/c1-3-5-29-47(31-9-7-25-43)39-19-15-35(16-20-39)11-13-37-23-27-45-41(33-37)42-34-38(24-28-46-42)14-12-36-17-21-40(22-18-36)48(30-6-4-2)32-10-8-26-44/h11-24,27-28,33-34H,3-10,25-26,29-32,43-44H2,1-2H3/b13-11+,14-12+. The molecule has 0 saturated heterocycles. The molecule has 0 fully saturated rings. The molecule has 48 heavy (non-hydrogen) atoms. The summed E-state index contributed by atoms with van der Waals surface area (Å²) in [4.78, 5) is 14.3. The van der Waals surface area contributed by atoms with Gasteiger partial charge in [-0.1, -0.05) is 75.3 Å². The fourth-order valence-electron chi connectivity index (χ4n) is 5.69. The predicted octanol–water partition coefficient (Wildman–Crippen LogP) is 9.18. The van der Waals surface area contributed by atoms with Gasteiger partial charge in [0.15, 0.2) is 0 Å². The van der Waals surface area contributed by atoms with Gasteiger partial charge < -0.3 is 21.3 Å². The number of unbranched alkanes of at least 4 members (excludes halogenated alkanes) is 4. The summed E-state index contributed by atoms with van der Waals surface area (Å²) in [6, 6.07) is 26.0. The maximum absolute atomic E-state index is 5.73. The Hall–Kier alpha value is -4.26. The van der Waals surface area contributed by atoms with E-state index in [2.05, 4.69) is 119 Å². The minimum atomic E-state index is 0.755. The molecule has 0 unspecified atom stereocenters. The van der Waals surface area contributed by atoms with Crippen molar-refractivity contribution < 1.29 is 0 Å². The molecule has 0 atom stereocenters. The van der Waals surface area contributed by atoms with Crippen molar-refractivity contribution in [1.82, 2.24) is 9.97 Å². The summed E-state index contributed by atoms with van der Waals surface area (Å²) in [5.41, 5.74) is 20.3. The van der Waals surface area contributed by atoms with E-state index in [0.717, 1.165) is 87.5 Å². The molecule has 4 N–H and O–H groups in total. The third-order valence-corrected chi connectivity index (χ3v) is 8.61. The van der Waals surface area contributed by atoms with E-state index in [1.54, 1.807) is 0 Å². The number of nitrogens with zero attached hydrogens (tertiary/aromatic N) is 4. The maximum atomic E-state index is 5.73. The van der Waals surface area contributed by atoms with Gasteiger partial charge in [0.2, 0.25) is 0 Å². The van der Waals surface area contributed by atoms with Crippen LogP contribution in [0.3, 0.4) is 0 Å². The van der Waals surface area contributed by atoms with Gasteiger partial charge in [0.05, 0.1) is 11.4 Å². The summed E-state index contributed by atoms with van der Waals surface area (Å²) in [6.45, 7) is 10.3. The Labute approximate surface area is 289 Å². The summed E-state index contributed by atoms with van der Waals surface area (Å²) in [6.07, 6.45) is 21.5. The lowest BCUT2D eigenvalue weighted by molar-refractivity contribution is 0.664. The zero-order chi connectivity index (χ0) is 33.8. The van der Waals surface area contributed by atoms with Gasteiger partial charge in [-0.2, -0.15) is 0 Å². The molecule has 254 valence electrons. The summed E-state index contributed by atoms with van der Waals surface area (Å²) < 4.78 is 0. The SMILES string of the molecule is CCCCN(CCCCN)c1ccc(/C=C/c2ccnc(-c3cc(/C=C/c4ccc(N(CCCC)CCCCN)cc4)ccn3)c2)cc1. The van der Waals surface area contributed by atoms with Gasteiger partial charge in [-0.3, -0.25) is 9.97 Å². The van der Waals surface area contributed by atoms with Crippen LogP contribution in [0, 0.1) is 0 Å². The van der Waals surface area contributed by atoms with Crippen molar-refractivity contribution in [3.63, 3.8) is 0 Å². The normalized spacial score (nSPS) is 11.5. The highest BCUT2D eigenvalue weighted by Gasteiger charge is 2.08. The summed E-state index contributed by atoms with van der Waals surface area (Å²) in [5.74, 6) is 0. The van der Waals surface area contributed by atoms with E-state index in [1.165, 1.54) is 48.2 Å². The number of hydrogen-bond donors (Lipinski definition) is 2. The van der Waals surface area contributed by atoms with Gasteiger partial charge in [-0.15, -0.1) is 0 Å². The third-order valence-electron chi connectivity index (χ3n) is 8.61. The first kappa shape index (κ1) is 36.6. The van der Waals surface area contributed by atoms with Crippen LogP contribution in [-0.2, 0) is 0 Å². The molecule has 6 heteroatoms. The number of pyridine rings is 2. The molecule has 0 aliphatic rings. The molecule has 0 amide bonds. The summed E-state index contributed by atoms with van der Waals surface area (Å²) >= 11 is 0. The largest absolute Gasteiger partial charge is 0.372 e. The van der Waals surface area contributed by atoms with Gasteiger partial charge in [0.25, 0.3) is 0 Å². The predicted molar refractivity (Wildman–Crippen MR) is 209 cm³/mol. The van der Waals surface area contributed by atoms with Crippen LogP contribution >= 0.6 is 0 Å². The quantitative estimate of drug-likeness (QED) is 0.0880. The highest BCUT2D eigenvalue weighted by atomic mass is 15.1. The van der Waals surface area contributed by atoms with Crippen LogP contribution in [0.25, 0.3) is 35.7 Å². The van der Waals surface area contributed by atoms with Gasteiger partial charge in [-0.25, -0.2) is 0 Å². The fraction of sp³-hybridized carbons (Fsp3) is 0.381. The molecule has 2 aromatic carbocycles. The zero-order valence-electron chi connectivity index (χ0n) is 29.2. The molecule has 4 rings (SSSR count). The average Bonchev–Trinajstić information content (AvgIpc) is 3.13. The van der Waals surface area contributed by atoms with E-state index in [9.17, 15) is 0 Å². The number of nitrogens with two attached hydrogens (primary N) is 2. The van der Waals surface area contributed by atoms with E-state index in [4.69, 9.17) is 11.5 Å². The molecule has 2 heterocycles. The number of rotatable bonds is 21. The van der Waals surface area contributed by atoms with E-state index in [1.807, 2.05) is 24.5 Å². The number of benzene rings is 2. The highest BCUT2D eigenvalue weighted by molar-refractivity contribution is 5.74. The average molecular weight is 645 g/mol. The molecule has 0 aliphatic carbocycles. The number of anilines is 2. The second kappa shape index (κ2) is 20.9. The molecule has 0 saturated carbocycles. The van der Waals surface area contributed by atoms with Gasteiger partial charge in [0.1, 0.15) is 0 Å². The van der Waals surface area contributed by atoms with Crippen molar-refractivity contribution in [2.45, 2.75) is 65.2 Å². The monoisotopic (exact) mass is 644 g/mol. The first-order valence-electron chi connectivity index (χ1n) is 18.0. The van der Waals surface area contributed by atoms with Crippen LogP contribution in [0.5, 0.6) is 0 Å². The Bertz CT molecular complexity index is 1410. The van der Waals surface area contributed by atoms with E-state index >= 15 is 0 Å². The summed E-state index contributed by atoms with van der Waals surface area (Å²) in [5, 5.41) is 0. The van der Waals surface area contributed by atoms with Crippen LogP contribution in [0.1, 0.15) is 87.5 Å². The Morgan fingerprint density at radius 3 is 1.23 bits per heavy atom. The zero-order valence-corrected chi connectivity index (χ0v) is 29.2. The second-order valence-electron chi connectivity index (χ2n) is 12.5. The van der Waals surface area contributed by atoms with Crippen molar-refractivity contribution in [1.29, 1.82) is 0 Å². The molecular formula is C42H56N6. The van der Waals surface area contributed by atoms with Gasteiger partial charge in [-0.05, 0) is 122 Å². The number of hydrogen-bond acceptors (Lipinski definition) is 6. The van der Waals surface area contributed by atoms with Crippen LogP contribution in [0.2, 0.25) is 0 Å². The van der Waals surface area contributed by atoms with Crippen molar-refractivity contribution in [3.8, 4) is 11.4 Å². The van der Waals surface area contributed by atoms with Crippen molar-refractivity contribution in [3.05, 3.63) is 107 Å². The lowest BCUT2D eigenvalue weighted by Gasteiger charge is -2.25. The van der Waals surface area contributed by atoms with Gasteiger partial charge in [0, 0.05) is 49.9 Å². The van der Waals surface area contributed by atoms with E-state index in [0.29, 0.717) is 0 Å². The smallest absolute Gasteiger partial charge is 0.0892 e. The lowest BCUT2D eigenvalue weighted by atomic mass is 10.1. The number of aromatic nitrogens is 2. The molecule has 0 spiro atoms. The van der Waals surface area contributed by atoms with Crippen molar-refractivity contribution >= 4 is 35.7 Å². The molecule has 0 aliphatic heterocycles. The Morgan fingerprint density at radius 2 is 0.854 bits per heavy atom. The van der Waals surface area contributed by atoms with Crippen molar-refractivity contribution in [2.75, 3.05) is 49.1 Å². The topological polar surface area (TPSA) is 84.3 Å². The first-order valence-corrected chi connectivity index (χ1v) is 18.0. The Kier molecular flexibility index (Phi) is 15.9. The molecular weight excluding hydrogens is 589 g/mol. The van der Waals surface area contributed by atoms with Crippen LogP contribution in [0.4, 0.5) is 11.4 Å². The lowest BCUT2D eigenvalue weighted by Crippen LogP contribution is -2.26. The molecule has 2 aromatic heterocycles. The van der Waals surface area contributed by atoms with Crippen LogP contribution in [-0.4, -0.2) is 49.2 Å². The Morgan fingerprint density at radius 1 is 0.479 bits per heavy atom. The van der Waals surface area contributed by atoms with Crippen LogP contribution < -0.4 is 21.3 Å². The molecule has 0 bridgehead atoms. The maximum Gasteiger partial charge on any atom is 0.0892 e. The molecule has 4 aromatic rings. The van der Waals surface area contributed by atoms with Crippen molar-refractivity contribution in [2.24, 2.45) is 11.5 Å². The first-order chi connectivity index (χ1) is 23.6. The fourth-order valence-corrected chi connectivity index (χ4v) is 5.69. The Balaban J connectivity index is 1.40. The van der Waals surface area contributed by atoms with Gasteiger partial charge >= 0.3 is 0 Å². The second-order valence-corrected chi connectivity index (χ2v) is 12.5. The molecule has 0 radical (unpaired) electrons. The van der Waals surface area contributed by atoms with E-state index < -0.39 is 0 Å². The minimum Gasteiger partial charge on any atom is -0.372 e. The molecule has 6 nitrogen and oxygen atoms in total. The highest BCUT2D eigenvalue weighted by Crippen LogP contribution is 2.22. The minimum absolute atomic E-state index is 0.755. The third kappa shape index (κ3) is 12.1. The van der Waals surface area contributed by atoms with Crippen LogP contribution in [0.15, 0.2) is 85.2 Å². The van der Waals surface area contributed by atoms with E-state index in [-0.39, 0.29) is 0 Å². The summed E-state index contributed by atoms with van der Waals surface area (Å²) in [7, 11) is 0.